The van der Waals surface area contributed by atoms with E-state index in [2.05, 4.69) is 5.32 Å². The molecule has 0 aliphatic carbocycles. The van der Waals surface area contributed by atoms with Crippen molar-refractivity contribution < 1.29 is 9.59 Å². The summed E-state index contributed by atoms with van der Waals surface area (Å²) in [4.78, 5) is 24.7. The maximum absolute atomic E-state index is 11.5. The fourth-order valence-electron chi connectivity index (χ4n) is 2.21. The molecule has 0 aromatic heterocycles. The number of hydrogen-bond acceptors (Lipinski definition) is 4. The zero-order valence-electron chi connectivity index (χ0n) is 11.1. The molecule has 19 heavy (non-hydrogen) atoms. The Bertz CT molecular complexity index is 470. The van der Waals surface area contributed by atoms with Gasteiger partial charge < -0.3 is 5.73 Å². The summed E-state index contributed by atoms with van der Waals surface area (Å²) in [5, 5.41) is 2.34. The number of hydrogen-bond donors (Lipinski definition) is 2. The molecule has 0 saturated carbocycles. The van der Waals surface area contributed by atoms with Crippen molar-refractivity contribution in [3.8, 4) is 0 Å². The molecule has 1 atom stereocenters. The molecular formula is C14H19N3O2. The summed E-state index contributed by atoms with van der Waals surface area (Å²) in [6.45, 7) is 2.87. The predicted octanol–water partition coefficient (Wildman–Crippen LogP) is 0.548. The standard InChI is InChI=1S/C14H19N3O2/c1-10-14(19)16-13(18)9-17(10)8-2-3-11-4-6-12(15)7-5-11/h4-7,10H,2-3,8-9,15H2,1H3,(H,16,18,19). The highest BCUT2D eigenvalue weighted by atomic mass is 16.2. The summed E-state index contributed by atoms with van der Waals surface area (Å²) in [5.41, 5.74) is 7.61. The molecule has 0 bridgehead atoms. The molecule has 1 aromatic carbocycles. The van der Waals surface area contributed by atoms with Crippen LogP contribution >= 0.6 is 0 Å². The van der Waals surface area contributed by atoms with Crippen LogP contribution in [0.15, 0.2) is 24.3 Å². The zero-order valence-corrected chi connectivity index (χ0v) is 11.1. The molecule has 2 amide bonds. The third-order valence-corrected chi connectivity index (χ3v) is 3.43. The maximum Gasteiger partial charge on any atom is 0.243 e. The van der Waals surface area contributed by atoms with Gasteiger partial charge >= 0.3 is 0 Å². The number of aryl methyl sites for hydroxylation is 1. The smallest absolute Gasteiger partial charge is 0.243 e. The van der Waals surface area contributed by atoms with Crippen molar-refractivity contribution in [3.63, 3.8) is 0 Å². The lowest BCUT2D eigenvalue weighted by atomic mass is 10.1. The number of nitrogens with two attached hydrogens (primary N) is 1. The van der Waals surface area contributed by atoms with Gasteiger partial charge in [-0.1, -0.05) is 12.1 Å². The van der Waals surface area contributed by atoms with Crippen molar-refractivity contribution in [2.24, 2.45) is 0 Å². The topological polar surface area (TPSA) is 75.4 Å². The minimum absolute atomic E-state index is 0.205. The minimum atomic E-state index is -0.232. The molecule has 3 N–H and O–H groups in total. The second kappa shape index (κ2) is 5.84. The molecule has 0 spiro atoms. The molecular weight excluding hydrogens is 242 g/mol. The van der Waals surface area contributed by atoms with E-state index in [1.165, 1.54) is 5.56 Å². The van der Waals surface area contributed by atoms with Gasteiger partial charge in [-0.2, -0.15) is 0 Å². The van der Waals surface area contributed by atoms with Gasteiger partial charge in [0.1, 0.15) is 0 Å². The van der Waals surface area contributed by atoms with Gasteiger partial charge in [0.2, 0.25) is 11.8 Å². The molecule has 1 heterocycles. The fraction of sp³-hybridized carbons (Fsp3) is 0.429. The number of nitrogens with zero attached hydrogens (tertiary/aromatic N) is 1. The molecule has 1 saturated heterocycles. The van der Waals surface area contributed by atoms with E-state index < -0.39 is 0 Å². The van der Waals surface area contributed by atoms with Crippen LogP contribution in [0.4, 0.5) is 5.69 Å². The first-order valence-electron chi connectivity index (χ1n) is 6.48. The number of piperazine rings is 1. The number of nitrogens with one attached hydrogen (secondary N) is 1. The summed E-state index contributed by atoms with van der Waals surface area (Å²) in [6.07, 6.45) is 1.83. The van der Waals surface area contributed by atoms with Crippen molar-refractivity contribution >= 4 is 17.5 Å². The SMILES string of the molecule is CC1C(=O)NC(=O)CN1CCCc1ccc(N)cc1. The molecule has 0 radical (unpaired) electrons. The van der Waals surface area contributed by atoms with E-state index in [0.29, 0.717) is 6.54 Å². The summed E-state index contributed by atoms with van der Waals surface area (Å²) in [7, 11) is 0. The van der Waals surface area contributed by atoms with E-state index in [9.17, 15) is 9.59 Å². The summed E-state index contributed by atoms with van der Waals surface area (Å²) < 4.78 is 0. The number of carbonyl (C=O) groups excluding carboxylic acids is 2. The van der Waals surface area contributed by atoms with Crippen LogP contribution in [0.5, 0.6) is 0 Å². The van der Waals surface area contributed by atoms with Crippen LogP contribution in [0, 0.1) is 0 Å². The molecule has 5 heteroatoms. The fourth-order valence-corrected chi connectivity index (χ4v) is 2.21. The van der Waals surface area contributed by atoms with Gasteiger partial charge in [0.05, 0.1) is 12.6 Å². The van der Waals surface area contributed by atoms with Crippen LogP contribution in [0.2, 0.25) is 0 Å². The first-order valence-corrected chi connectivity index (χ1v) is 6.48. The van der Waals surface area contributed by atoms with Gasteiger partial charge in [-0.05, 0) is 44.0 Å². The minimum Gasteiger partial charge on any atom is -0.399 e. The Morgan fingerprint density at radius 1 is 1.32 bits per heavy atom. The Kier molecular flexibility index (Phi) is 4.16. The molecule has 2 rings (SSSR count). The van der Waals surface area contributed by atoms with Crippen LogP contribution < -0.4 is 11.1 Å². The highest BCUT2D eigenvalue weighted by Gasteiger charge is 2.29. The lowest BCUT2D eigenvalue weighted by Gasteiger charge is -2.31. The van der Waals surface area contributed by atoms with Gasteiger partial charge in [-0.3, -0.25) is 19.8 Å². The number of amides is 2. The second-order valence-electron chi connectivity index (χ2n) is 4.90. The van der Waals surface area contributed by atoms with E-state index in [-0.39, 0.29) is 17.9 Å². The van der Waals surface area contributed by atoms with Crippen molar-refractivity contribution in [2.45, 2.75) is 25.8 Å². The van der Waals surface area contributed by atoms with Crippen molar-refractivity contribution in [3.05, 3.63) is 29.8 Å². The summed E-state index contributed by atoms with van der Waals surface area (Å²) >= 11 is 0. The highest BCUT2D eigenvalue weighted by Crippen LogP contribution is 2.10. The average Bonchev–Trinajstić information content (AvgIpc) is 2.37. The molecule has 1 aliphatic heterocycles. The molecule has 102 valence electrons. The van der Waals surface area contributed by atoms with Crippen molar-refractivity contribution in [2.75, 3.05) is 18.8 Å². The van der Waals surface area contributed by atoms with Gasteiger partial charge in [-0.25, -0.2) is 0 Å². The second-order valence-corrected chi connectivity index (χ2v) is 4.90. The van der Waals surface area contributed by atoms with Gasteiger partial charge in [0, 0.05) is 5.69 Å². The van der Waals surface area contributed by atoms with Gasteiger partial charge in [0.15, 0.2) is 0 Å². The Morgan fingerprint density at radius 3 is 2.68 bits per heavy atom. The van der Waals surface area contributed by atoms with Crippen LogP contribution in [0.3, 0.4) is 0 Å². The van der Waals surface area contributed by atoms with E-state index >= 15 is 0 Å². The van der Waals surface area contributed by atoms with Crippen LogP contribution in [0.25, 0.3) is 0 Å². The number of nitrogen functional groups attached to an aromatic ring is 1. The molecule has 1 aliphatic rings. The summed E-state index contributed by atoms with van der Waals surface area (Å²) in [6, 6.07) is 7.55. The average molecular weight is 261 g/mol. The van der Waals surface area contributed by atoms with E-state index in [4.69, 9.17) is 5.73 Å². The Balaban J connectivity index is 1.83. The quantitative estimate of drug-likeness (QED) is 0.613. The predicted molar refractivity (Wildman–Crippen MR) is 73.4 cm³/mol. The van der Waals surface area contributed by atoms with E-state index in [1.807, 2.05) is 36.1 Å². The number of carbonyl (C=O) groups is 2. The third kappa shape index (κ3) is 3.54. The zero-order chi connectivity index (χ0) is 13.8. The Labute approximate surface area is 112 Å². The number of benzene rings is 1. The first kappa shape index (κ1) is 13.5. The third-order valence-electron chi connectivity index (χ3n) is 3.43. The van der Waals surface area contributed by atoms with Crippen molar-refractivity contribution in [1.82, 2.24) is 10.2 Å². The number of imide groups is 1. The monoisotopic (exact) mass is 261 g/mol. The lowest BCUT2D eigenvalue weighted by Crippen LogP contribution is -2.56. The molecule has 5 nitrogen and oxygen atoms in total. The van der Waals surface area contributed by atoms with Crippen LogP contribution in [-0.2, 0) is 16.0 Å². The lowest BCUT2D eigenvalue weighted by molar-refractivity contribution is -0.139. The Morgan fingerprint density at radius 2 is 2.00 bits per heavy atom. The number of rotatable bonds is 4. The van der Waals surface area contributed by atoms with E-state index in [0.717, 1.165) is 25.1 Å². The normalized spacial score (nSPS) is 20.4. The maximum atomic E-state index is 11.5. The van der Waals surface area contributed by atoms with Crippen molar-refractivity contribution in [1.29, 1.82) is 0 Å². The number of anilines is 1. The largest absolute Gasteiger partial charge is 0.399 e. The van der Waals surface area contributed by atoms with Crippen LogP contribution in [-0.4, -0.2) is 35.8 Å². The molecule has 1 fully saturated rings. The summed E-state index contributed by atoms with van der Waals surface area (Å²) in [5.74, 6) is -0.417. The van der Waals surface area contributed by atoms with Crippen LogP contribution in [0.1, 0.15) is 18.9 Å². The first-order chi connectivity index (χ1) is 9.06. The molecule has 1 unspecified atom stereocenters. The molecule has 1 aromatic rings. The van der Waals surface area contributed by atoms with E-state index in [1.54, 1.807) is 0 Å². The van der Waals surface area contributed by atoms with Gasteiger partial charge in [-0.15, -0.1) is 0 Å². The Hall–Kier alpha value is -1.88. The van der Waals surface area contributed by atoms with Gasteiger partial charge in [0.25, 0.3) is 0 Å². The highest BCUT2D eigenvalue weighted by molar-refractivity contribution is 6.00.